The minimum absolute atomic E-state index is 0.123. The maximum Gasteiger partial charge on any atom is 0.265 e. The maximum atomic E-state index is 11.2. The fourth-order valence-electron chi connectivity index (χ4n) is 1.40. The molecule has 0 saturated heterocycles. The van der Waals surface area contributed by atoms with E-state index in [-0.39, 0.29) is 11.1 Å². The summed E-state index contributed by atoms with van der Waals surface area (Å²) in [4.78, 5) is 13.8. The van der Waals surface area contributed by atoms with Crippen molar-refractivity contribution in [2.75, 3.05) is 0 Å². The van der Waals surface area contributed by atoms with E-state index in [0.29, 0.717) is 0 Å². The highest BCUT2D eigenvalue weighted by Gasteiger charge is 2.03. The number of nitrogens with one attached hydrogen (secondary N) is 1. The molecule has 0 fully saturated rings. The molecule has 0 unspecified atom stereocenters. The Balaban J connectivity index is 2.58. The van der Waals surface area contributed by atoms with Crippen LogP contribution in [0.2, 0.25) is 0 Å². The maximum absolute atomic E-state index is 11.2. The van der Waals surface area contributed by atoms with E-state index in [9.17, 15) is 4.79 Å². The Morgan fingerprint density at radius 3 is 2.75 bits per heavy atom. The van der Waals surface area contributed by atoms with Crippen LogP contribution in [0.3, 0.4) is 0 Å². The molecule has 2 rings (SSSR count). The average molecular weight is 275 g/mol. The fourth-order valence-corrected chi connectivity index (χ4v) is 1.80. The zero-order chi connectivity index (χ0) is 11.5. The van der Waals surface area contributed by atoms with Crippen molar-refractivity contribution in [1.82, 2.24) is 4.98 Å². The lowest BCUT2D eigenvalue weighted by Gasteiger charge is -2.01. The minimum atomic E-state index is -0.360. The Hall–Kier alpha value is -1.86. The molecule has 78 valence electrons. The molecule has 16 heavy (non-hydrogen) atoms. The quantitative estimate of drug-likeness (QED) is 0.869. The summed E-state index contributed by atoms with van der Waals surface area (Å²) in [6.07, 6.45) is 1.60. The number of hydrogen-bond donors (Lipinski definition) is 1. The number of aromatic nitrogens is 1. The van der Waals surface area contributed by atoms with Gasteiger partial charge >= 0.3 is 0 Å². The van der Waals surface area contributed by atoms with Crippen LogP contribution in [0.1, 0.15) is 5.56 Å². The molecule has 0 radical (unpaired) electrons. The van der Waals surface area contributed by atoms with Gasteiger partial charge in [0.2, 0.25) is 0 Å². The first-order chi connectivity index (χ1) is 7.70. The van der Waals surface area contributed by atoms with E-state index in [0.717, 1.165) is 15.6 Å². The Kier molecular flexibility index (Phi) is 2.88. The first-order valence-electron chi connectivity index (χ1n) is 4.59. The van der Waals surface area contributed by atoms with Crippen LogP contribution in [0.15, 0.2) is 45.8 Å². The van der Waals surface area contributed by atoms with E-state index in [2.05, 4.69) is 20.9 Å². The van der Waals surface area contributed by atoms with Gasteiger partial charge in [0.25, 0.3) is 5.56 Å². The third-order valence-corrected chi connectivity index (χ3v) is 2.67. The van der Waals surface area contributed by atoms with Gasteiger partial charge in [0.15, 0.2) is 0 Å². The Bertz CT molecular complexity index is 625. The minimum Gasteiger partial charge on any atom is -0.327 e. The van der Waals surface area contributed by atoms with Crippen LogP contribution in [0, 0.1) is 11.3 Å². The second-order valence-electron chi connectivity index (χ2n) is 3.25. The number of rotatable bonds is 1. The van der Waals surface area contributed by atoms with E-state index >= 15 is 0 Å². The Morgan fingerprint density at radius 2 is 2.06 bits per heavy atom. The molecule has 0 spiro atoms. The van der Waals surface area contributed by atoms with Crippen LogP contribution in [-0.2, 0) is 0 Å². The molecule has 1 aromatic heterocycles. The second kappa shape index (κ2) is 4.33. The predicted molar refractivity (Wildman–Crippen MR) is 64.9 cm³/mol. The lowest BCUT2D eigenvalue weighted by atomic mass is 10.1. The first-order valence-corrected chi connectivity index (χ1v) is 5.39. The van der Waals surface area contributed by atoms with Crippen LogP contribution in [0.5, 0.6) is 0 Å². The molecule has 3 nitrogen and oxygen atoms in total. The molecule has 1 aromatic carbocycles. The van der Waals surface area contributed by atoms with Gasteiger partial charge in [-0.3, -0.25) is 4.79 Å². The molecule has 0 amide bonds. The van der Waals surface area contributed by atoms with Gasteiger partial charge in [-0.2, -0.15) is 5.26 Å². The van der Waals surface area contributed by atoms with Crippen molar-refractivity contribution in [3.05, 3.63) is 56.9 Å². The third kappa shape index (κ3) is 2.05. The largest absolute Gasteiger partial charge is 0.327 e. The first kappa shape index (κ1) is 10.7. The van der Waals surface area contributed by atoms with E-state index in [4.69, 9.17) is 5.26 Å². The highest BCUT2D eigenvalue weighted by atomic mass is 79.9. The Labute approximate surface area is 100 Å². The number of halogens is 1. The highest BCUT2D eigenvalue weighted by molar-refractivity contribution is 9.10. The zero-order valence-electron chi connectivity index (χ0n) is 8.20. The molecular formula is C12H7BrN2O. The lowest BCUT2D eigenvalue weighted by molar-refractivity contribution is 1.21. The molecule has 0 bridgehead atoms. The second-order valence-corrected chi connectivity index (χ2v) is 4.17. The number of hydrogen-bond acceptors (Lipinski definition) is 2. The number of nitriles is 1. The monoisotopic (exact) mass is 274 g/mol. The topological polar surface area (TPSA) is 56.6 Å². The van der Waals surface area contributed by atoms with Crippen molar-refractivity contribution >= 4 is 15.9 Å². The molecule has 0 aliphatic heterocycles. The third-order valence-electron chi connectivity index (χ3n) is 2.18. The van der Waals surface area contributed by atoms with Gasteiger partial charge in [0, 0.05) is 10.7 Å². The standard InChI is InChI=1S/C12H7BrN2O/c13-11-3-1-2-8(5-11)10-4-9(6-14)12(16)15-7-10/h1-5,7H,(H,15,16). The summed E-state index contributed by atoms with van der Waals surface area (Å²) >= 11 is 3.37. The van der Waals surface area contributed by atoms with Gasteiger partial charge in [-0.05, 0) is 29.3 Å². The van der Waals surface area contributed by atoms with Gasteiger partial charge in [-0.15, -0.1) is 0 Å². The van der Waals surface area contributed by atoms with Crippen molar-refractivity contribution in [3.8, 4) is 17.2 Å². The predicted octanol–water partition coefficient (Wildman–Crippen LogP) is 2.68. The molecule has 1 N–H and O–H groups in total. The molecule has 0 aliphatic carbocycles. The van der Waals surface area contributed by atoms with E-state index in [1.54, 1.807) is 12.3 Å². The smallest absolute Gasteiger partial charge is 0.265 e. The van der Waals surface area contributed by atoms with Crippen LogP contribution in [-0.4, -0.2) is 4.98 Å². The zero-order valence-corrected chi connectivity index (χ0v) is 9.78. The SMILES string of the molecule is N#Cc1cc(-c2cccc(Br)c2)c[nH]c1=O. The summed E-state index contributed by atoms with van der Waals surface area (Å²) in [7, 11) is 0. The van der Waals surface area contributed by atoms with E-state index in [1.165, 1.54) is 0 Å². The van der Waals surface area contributed by atoms with Crippen LogP contribution >= 0.6 is 15.9 Å². The molecule has 0 atom stereocenters. The van der Waals surface area contributed by atoms with Crippen molar-refractivity contribution in [1.29, 1.82) is 5.26 Å². The highest BCUT2D eigenvalue weighted by Crippen LogP contribution is 2.21. The van der Waals surface area contributed by atoms with Gasteiger partial charge in [-0.1, -0.05) is 28.1 Å². The average Bonchev–Trinajstić information content (AvgIpc) is 2.29. The molecule has 1 heterocycles. The number of nitrogens with zero attached hydrogens (tertiary/aromatic N) is 1. The summed E-state index contributed by atoms with van der Waals surface area (Å²) in [6, 6.07) is 11.1. The van der Waals surface area contributed by atoms with Crippen LogP contribution in [0.25, 0.3) is 11.1 Å². The number of pyridine rings is 1. The summed E-state index contributed by atoms with van der Waals surface area (Å²) in [5.41, 5.74) is 1.53. The van der Waals surface area contributed by atoms with Crippen LogP contribution in [0.4, 0.5) is 0 Å². The number of aromatic amines is 1. The number of benzene rings is 1. The molecule has 2 aromatic rings. The van der Waals surface area contributed by atoms with Gasteiger partial charge < -0.3 is 4.98 Å². The lowest BCUT2D eigenvalue weighted by Crippen LogP contribution is -2.08. The molecule has 0 aliphatic rings. The summed E-state index contributed by atoms with van der Waals surface area (Å²) in [5, 5.41) is 8.77. The van der Waals surface area contributed by atoms with Gasteiger partial charge in [0.05, 0.1) is 0 Å². The van der Waals surface area contributed by atoms with Crippen LogP contribution < -0.4 is 5.56 Å². The Morgan fingerprint density at radius 1 is 1.25 bits per heavy atom. The summed E-state index contributed by atoms with van der Waals surface area (Å²) in [5.74, 6) is 0. The normalized spacial score (nSPS) is 9.75. The van der Waals surface area contributed by atoms with E-state index in [1.807, 2.05) is 30.3 Å². The van der Waals surface area contributed by atoms with E-state index < -0.39 is 0 Å². The summed E-state index contributed by atoms with van der Waals surface area (Å²) < 4.78 is 0.953. The summed E-state index contributed by atoms with van der Waals surface area (Å²) in [6.45, 7) is 0. The van der Waals surface area contributed by atoms with Crippen molar-refractivity contribution in [3.63, 3.8) is 0 Å². The van der Waals surface area contributed by atoms with Crippen molar-refractivity contribution in [2.24, 2.45) is 0 Å². The van der Waals surface area contributed by atoms with Gasteiger partial charge in [-0.25, -0.2) is 0 Å². The number of H-pyrrole nitrogens is 1. The fraction of sp³-hybridized carbons (Fsp3) is 0. The molecule has 4 heteroatoms. The molecule has 0 saturated carbocycles. The van der Waals surface area contributed by atoms with Crippen molar-refractivity contribution < 1.29 is 0 Å². The molecular weight excluding hydrogens is 268 g/mol. The van der Waals surface area contributed by atoms with Gasteiger partial charge in [0.1, 0.15) is 11.6 Å². The van der Waals surface area contributed by atoms with Crippen molar-refractivity contribution in [2.45, 2.75) is 0 Å².